The van der Waals surface area contributed by atoms with E-state index in [2.05, 4.69) is 20.8 Å². The summed E-state index contributed by atoms with van der Waals surface area (Å²) in [5.74, 6) is -0.559. The third kappa shape index (κ3) is 5.17. The first kappa shape index (κ1) is 18.7. The molecule has 6 nitrogen and oxygen atoms in total. The summed E-state index contributed by atoms with van der Waals surface area (Å²) in [6, 6.07) is 5.72. The molecular weight excluding hydrogens is 316 g/mol. The number of aryl methyl sites for hydroxylation is 3. The summed E-state index contributed by atoms with van der Waals surface area (Å²) < 4.78 is 0. The van der Waals surface area contributed by atoms with Gasteiger partial charge in [0.25, 0.3) is 0 Å². The van der Waals surface area contributed by atoms with E-state index in [1.165, 1.54) is 5.56 Å². The van der Waals surface area contributed by atoms with E-state index in [-0.39, 0.29) is 18.2 Å². The van der Waals surface area contributed by atoms with Gasteiger partial charge < -0.3 is 10.6 Å². The van der Waals surface area contributed by atoms with Crippen molar-refractivity contribution in [2.24, 2.45) is 0 Å². The Hall–Kier alpha value is -2.63. The first-order valence-electron chi connectivity index (χ1n) is 8.51. The Labute approximate surface area is 148 Å². The number of amides is 2. The van der Waals surface area contributed by atoms with Crippen molar-refractivity contribution < 1.29 is 9.59 Å². The molecule has 2 amide bonds. The molecule has 3 N–H and O–H groups in total. The van der Waals surface area contributed by atoms with Crippen molar-refractivity contribution in [3.8, 4) is 0 Å². The number of anilines is 1. The summed E-state index contributed by atoms with van der Waals surface area (Å²) in [6.45, 7) is 8.44. The number of aromatic nitrogens is 2. The Kier molecular flexibility index (Phi) is 6.33. The lowest BCUT2D eigenvalue weighted by Gasteiger charge is -2.10. The topological polar surface area (TPSA) is 86.9 Å². The van der Waals surface area contributed by atoms with E-state index in [4.69, 9.17) is 0 Å². The minimum Gasteiger partial charge on any atom is -0.356 e. The lowest BCUT2D eigenvalue weighted by atomic mass is 10.1. The Morgan fingerprint density at radius 3 is 2.56 bits per heavy atom. The van der Waals surface area contributed by atoms with Crippen molar-refractivity contribution in [1.82, 2.24) is 15.5 Å². The second-order valence-electron chi connectivity index (χ2n) is 6.34. The lowest BCUT2D eigenvalue weighted by molar-refractivity contribution is -0.126. The molecule has 134 valence electrons. The summed E-state index contributed by atoms with van der Waals surface area (Å²) in [7, 11) is 0. The zero-order valence-corrected chi connectivity index (χ0v) is 15.3. The van der Waals surface area contributed by atoms with Gasteiger partial charge in [-0.1, -0.05) is 12.1 Å². The van der Waals surface area contributed by atoms with Gasteiger partial charge in [-0.15, -0.1) is 0 Å². The second kappa shape index (κ2) is 8.46. The molecule has 0 aliphatic rings. The fourth-order valence-corrected chi connectivity index (χ4v) is 2.72. The van der Waals surface area contributed by atoms with E-state index in [9.17, 15) is 9.59 Å². The molecule has 0 saturated heterocycles. The van der Waals surface area contributed by atoms with Crippen LogP contribution in [0.4, 0.5) is 5.69 Å². The van der Waals surface area contributed by atoms with E-state index in [1.807, 2.05) is 45.9 Å². The maximum Gasteiger partial charge on any atom is 0.233 e. The van der Waals surface area contributed by atoms with Gasteiger partial charge in [0.05, 0.1) is 5.69 Å². The van der Waals surface area contributed by atoms with Crippen LogP contribution in [0.1, 0.15) is 40.9 Å². The van der Waals surface area contributed by atoms with Crippen LogP contribution in [0.25, 0.3) is 0 Å². The van der Waals surface area contributed by atoms with Crippen LogP contribution in [-0.4, -0.2) is 28.6 Å². The van der Waals surface area contributed by atoms with Crippen LogP contribution < -0.4 is 10.6 Å². The lowest BCUT2D eigenvalue weighted by Crippen LogP contribution is -2.29. The van der Waals surface area contributed by atoms with Crippen LogP contribution in [-0.2, 0) is 16.0 Å². The van der Waals surface area contributed by atoms with Gasteiger partial charge in [-0.3, -0.25) is 14.7 Å². The van der Waals surface area contributed by atoms with Gasteiger partial charge in [0.1, 0.15) is 6.42 Å². The van der Waals surface area contributed by atoms with Crippen LogP contribution >= 0.6 is 0 Å². The summed E-state index contributed by atoms with van der Waals surface area (Å²) in [6.07, 6.45) is 1.49. The summed E-state index contributed by atoms with van der Waals surface area (Å²) >= 11 is 0. The molecule has 0 aliphatic carbocycles. The molecule has 25 heavy (non-hydrogen) atoms. The largest absolute Gasteiger partial charge is 0.356 e. The molecule has 0 aliphatic heterocycles. The van der Waals surface area contributed by atoms with Gasteiger partial charge in [0, 0.05) is 17.9 Å². The highest BCUT2D eigenvalue weighted by atomic mass is 16.2. The number of hydrogen-bond donors (Lipinski definition) is 3. The number of hydrogen-bond acceptors (Lipinski definition) is 3. The van der Waals surface area contributed by atoms with E-state index in [0.29, 0.717) is 6.54 Å². The van der Waals surface area contributed by atoms with Crippen molar-refractivity contribution >= 4 is 17.5 Å². The van der Waals surface area contributed by atoms with Gasteiger partial charge in [0.2, 0.25) is 11.8 Å². The Morgan fingerprint density at radius 2 is 1.88 bits per heavy atom. The average Bonchev–Trinajstić information content (AvgIpc) is 2.87. The molecule has 0 saturated carbocycles. The van der Waals surface area contributed by atoms with Gasteiger partial charge in [-0.25, -0.2) is 0 Å². The van der Waals surface area contributed by atoms with Crippen LogP contribution in [0, 0.1) is 27.7 Å². The molecule has 1 aromatic carbocycles. The highest BCUT2D eigenvalue weighted by molar-refractivity contribution is 6.03. The van der Waals surface area contributed by atoms with Crippen molar-refractivity contribution in [1.29, 1.82) is 0 Å². The Balaban J connectivity index is 1.73. The van der Waals surface area contributed by atoms with Crippen LogP contribution in [0.15, 0.2) is 18.2 Å². The molecule has 1 heterocycles. The molecule has 2 rings (SSSR count). The van der Waals surface area contributed by atoms with E-state index in [1.54, 1.807) is 0 Å². The molecule has 2 aromatic rings. The fourth-order valence-electron chi connectivity index (χ4n) is 2.72. The number of H-pyrrole nitrogens is 1. The van der Waals surface area contributed by atoms with Gasteiger partial charge in [-0.05, 0) is 63.3 Å². The zero-order chi connectivity index (χ0) is 18.4. The predicted octanol–water partition coefficient (Wildman–Crippen LogP) is 2.72. The van der Waals surface area contributed by atoms with Crippen molar-refractivity contribution in [2.75, 3.05) is 11.9 Å². The number of rotatable bonds is 7. The normalized spacial score (nSPS) is 10.6. The third-order valence-corrected chi connectivity index (χ3v) is 4.41. The molecule has 0 spiro atoms. The van der Waals surface area contributed by atoms with E-state index in [0.717, 1.165) is 41.0 Å². The van der Waals surface area contributed by atoms with Crippen molar-refractivity contribution in [2.45, 2.75) is 47.0 Å². The van der Waals surface area contributed by atoms with Gasteiger partial charge >= 0.3 is 0 Å². The number of benzene rings is 1. The molecule has 6 heteroatoms. The van der Waals surface area contributed by atoms with Crippen molar-refractivity contribution in [3.05, 3.63) is 46.3 Å². The molecular formula is C19H26N4O2. The summed E-state index contributed by atoms with van der Waals surface area (Å²) in [5, 5.41) is 12.7. The number of nitrogens with one attached hydrogen (secondary N) is 3. The van der Waals surface area contributed by atoms with Crippen LogP contribution in [0.5, 0.6) is 0 Å². The third-order valence-electron chi connectivity index (χ3n) is 4.41. The van der Waals surface area contributed by atoms with Crippen LogP contribution in [0.2, 0.25) is 0 Å². The maximum atomic E-state index is 12.0. The number of carbonyl (C=O) groups is 2. The van der Waals surface area contributed by atoms with Crippen LogP contribution in [0.3, 0.4) is 0 Å². The maximum absolute atomic E-state index is 12.0. The highest BCUT2D eigenvalue weighted by Crippen LogP contribution is 2.18. The molecule has 0 unspecified atom stereocenters. The number of carbonyl (C=O) groups excluding carboxylic acids is 2. The molecule has 1 aromatic heterocycles. The van der Waals surface area contributed by atoms with E-state index < -0.39 is 0 Å². The first-order valence-corrected chi connectivity index (χ1v) is 8.51. The minimum atomic E-state index is -0.298. The SMILES string of the molecule is Cc1cccc(NC(=O)CC(=O)NCCCc2c(C)n[nH]c2C)c1C. The monoisotopic (exact) mass is 342 g/mol. The van der Waals surface area contributed by atoms with Crippen molar-refractivity contribution in [3.63, 3.8) is 0 Å². The Bertz CT molecular complexity index is 745. The standard InChI is InChI=1S/C19H26N4O2/c1-12-7-5-9-17(13(12)2)21-19(25)11-18(24)20-10-6-8-16-14(3)22-23-15(16)4/h5,7,9H,6,8,10-11H2,1-4H3,(H,20,24)(H,21,25)(H,22,23). The molecule has 0 atom stereocenters. The average molecular weight is 342 g/mol. The molecule has 0 radical (unpaired) electrons. The minimum absolute atomic E-state index is 0.169. The Morgan fingerprint density at radius 1 is 1.12 bits per heavy atom. The fraction of sp³-hybridized carbons (Fsp3) is 0.421. The smallest absolute Gasteiger partial charge is 0.233 e. The van der Waals surface area contributed by atoms with E-state index >= 15 is 0 Å². The van der Waals surface area contributed by atoms with Gasteiger partial charge in [0.15, 0.2) is 0 Å². The predicted molar refractivity (Wildman–Crippen MR) is 98.6 cm³/mol. The first-order chi connectivity index (χ1) is 11.9. The second-order valence-corrected chi connectivity index (χ2v) is 6.34. The molecule has 0 bridgehead atoms. The zero-order valence-electron chi connectivity index (χ0n) is 15.3. The van der Waals surface area contributed by atoms with Gasteiger partial charge in [-0.2, -0.15) is 5.10 Å². The summed E-state index contributed by atoms with van der Waals surface area (Å²) in [4.78, 5) is 23.9. The summed E-state index contributed by atoms with van der Waals surface area (Å²) in [5.41, 5.74) is 6.13. The number of nitrogens with zero attached hydrogens (tertiary/aromatic N) is 1. The molecule has 0 fully saturated rings. The quantitative estimate of drug-likeness (QED) is 0.534. The number of aromatic amines is 1. The highest BCUT2D eigenvalue weighted by Gasteiger charge is 2.11.